The predicted molar refractivity (Wildman–Crippen MR) is 112 cm³/mol. The highest BCUT2D eigenvalue weighted by Crippen LogP contribution is 2.36. The SMILES string of the molecule is [C-]#[N+]c1ncc(-c2cc3c(NC(C)c4ccccc4F)c(Cl)cnc3cc2F)cn1. The normalized spacial score (nSPS) is 11.8. The Morgan fingerprint density at radius 1 is 1.03 bits per heavy atom. The molecule has 1 unspecified atom stereocenters. The van der Waals surface area contributed by atoms with Crippen molar-refractivity contribution in [1.82, 2.24) is 15.0 Å². The summed E-state index contributed by atoms with van der Waals surface area (Å²) in [7, 11) is 0. The summed E-state index contributed by atoms with van der Waals surface area (Å²) in [6.45, 7) is 8.75. The van der Waals surface area contributed by atoms with Gasteiger partial charge in [0, 0.05) is 28.8 Å². The van der Waals surface area contributed by atoms with Crippen molar-refractivity contribution < 1.29 is 8.78 Å². The Morgan fingerprint density at radius 3 is 2.47 bits per heavy atom. The van der Waals surface area contributed by atoms with Crippen molar-refractivity contribution >= 4 is 34.1 Å². The third kappa shape index (κ3) is 3.65. The highest BCUT2D eigenvalue weighted by Gasteiger charge is 2.17. The highest BCUT2D eigenvalue weighted by molar-refractivity contribution is 6.34. The summed E-state index contributed by atoms with van der Waals surface area (Å²) in [6, 6.07) is 8.94. The van der Waals surface area contributed by atoms with Crippen LogP contribution in [0.25, 0.3) is 26.9 Å². The molecular weight excluding hydrogens is 408 g/mol. The molecule has 2 heterocycles. The first-order chi connectivity index (χ1) is 14.5. The summed E-state index contributed by atoms with van der Waals surface area (Å²) >= 11 is 6.38. The monoisotopic (exact) mass is 421 g/mol. The minimum atomic E-state index is -0.510. The number of nitrogens with one attached hydrogen (secondary N) is 1. The summed E-state index contributed by atoms with van der Waals surface area (Å²) in [5, 5.41) is 4.11. The van der Waals surface area contributed by atoms with Gasteiger partial charge in [0.25, 0.3) is 0 Å². The molecule has 2 aromatic heterocycles. The molecule has 0 bridgehead atoms. The lowest BCUT2D eigenvalue weighted by Gasteiger charge is -2.19. The molecule has 2 aromatic carbocycles. The van der Waals surface area contributed by atoms with Gasteiger partial charge >= 0.3 is 5.95 Å². The van der Waals surface area contributed by atoms with Crippen molar-refractivity contribution in [2.45, 2.75) is 13.0 Å². The largest absolute Gasteiger partial charge is 0.394 e. The fourth-order valence-corrected chi connectivity index (χ4v) is 3.40. The lowest BCUT2D eigenvalue weighted by molar-refractivity contribution is 0.600. The molecule has 1 N–H and O–H groups in total. The molecule has 4 aromatic rings. The van der Waals surface area contributed by atoms with E-state index in [4.69, 9.17) is 18.2 Å². The number of anilines is 1. The van der Waals surface area contributed by atoms with E-state index < -0.39 is 11.9 Å². The smallest absolute Gasteiger partial charge is 0.371 e. The third-order valence-corrected chi connectivity index (χ3v) is 4.98. The minimum absolute atomic E-state index is 0.0225. The number of fused-ring (bicyclic) bond motifs is 1. The molecule has 1 atom stereocenters. The van der Waals surface area contributed by atoms with Gasteiger partial charge in [0.1, 0.15) is 11.6 Å². The van der Waals surface area contributed by atoms with Crippen molar-refractivity contribution in [3.8, 4) is 11.1 Å². The number of aromatic nitrogens is 3. The van der Waals surface area contributed by atoms with Gasteiger partial charge in [0.05, 0.1) is 40.2 Å². The summed E-state index contributed by atoms with van der Waals surface area (Å²) in [5.41, 5.74) is 2.03. The standard InChI is InChI=1S/C22H14ClF2N5/c1-12(14-5-3-4-6-18(14)24)30-21-16-7-15(13-9-28-22(26-2)29-10-13)19(25)8-20(16)27-11-17(21)23/h3-12H,1H3,(H,27,30). The summed E-state index contributed by atoms with van der Waals surface area (Å²) < 4.78 is 28.9. The lowest BCUT2D eigenvalue weighted by Crippen LogP contribution is -2.09. The van der Waals surface area contributed by atoms with Gasteiger partial charge in [-0.05, 0) is 19.1 Å². The maximum absolute atomic E-state index is 14.7. The van der Waals surface area contributed by atoms with Crippen molar-refractivity contribution in [2.24, 2.45) is 0 Å². The van der Waals surface area contributed by atoms with Crippen LogP contribution in [0.15, 0.2) is 55.0 Å². The highest BCUT2D eigenvalue weighted by atomic mass is 35.5. The summed E-state index contributed by atoms with van der Waals surface area (Å²) in [6.07, 6.45) is 4.20. The first kappa shape index (κ1) is 19.7. The average Bonchev–Trinajstić information content (AvgIpc) is 2.76. The number of pyridine rings is 1. The molecule has 0 spiro atoms. The number of hydrogen-bond donors (Lipinski definition) is 1. The van der Waals surface area contributed by atoms with E-state index in [0.29, 0.717) is 32.7 Å². The van der Waals surface area contributed by atoms with Crippen molar-refractivity contribution in [2.75, 3.05) is 5.32 Å². The second-order valence-corrected chi connectivity index (χ2v) is 7.01. The molecule has 148 valence electrons. The molecule has 4 rings (SSSR count). The van der Waals surface area contributed by atoms with E-state index in [0.717, 1.165) is 0 Å². The van der Waals surface area contributed by atoms with Crippen LogP contribution in [-0.2, 0) is 0 Å². The first-order valence-corrected chi connectivity index (χ1v) is 9.34. The Morgan fingerprint density at radius 2 is 1.77 bits per heavy atom. The van der Waals surface area contributed by atoms with Crippen LogP contribution in [0.1, 0.15) is 18.5 Å². The second-order valence-electron chi connectivity index (χ2n) is 6.60. The summed E-state index contributed by atoms with van der Waals surface area (Å²) in [4.78, 5) is 15.1. The molecule has 0 saturated carbocycles. The van der Waals surface area contributed by atoms with E-state index in [1.54, 1.807) is 24.3 Å². The maximum atomic E-state index is 14.7. The van der Waals surface area contributed by atoms with E-state index in [2.05, 4.69) is 25.1 Å². The number of hydrogen-bond acceptors (Lipinski definition) is 4. The number of rotatable bonds is 4. The zero-order valence-electron chi connectivity index (χ0n) is 15.7. The molecule has 0 amide bonds. The van der Waals surface area contributed by atoms with E-state index in [1.807, 2.05) is 6.92 Å². The van der Waals surface area contributed by atoms with Crippen LogP contribution < -0.4 is 5.32 Å². The zero-order valence-corrected chi connectivity index (χ0v) is 16.5. The summed E-state index contributed by atoms with van der Waals surface area (Å²) in [5.74, 6) is -0.869. The molecular formula is C22H14ClF2N5. The molecule has 0 aliphatic rings. The van der Waals surface area contributed by atoms with Crippen molar-refractivity contribution in [1.29, 1.82) is 0 Å². The number of halogens is 3. The van der Waals surface area contributed by atoms with Gasteiger partial charge in [-0.1, -0.05) is 29.8 Å². The maximum Gasteiger partial charge on any atom is 0.371 e. The topological polar surface area (TPSA) is 55.1 Å². The van der Waals surface area contributed by atoms with E-state index in [9.17, 15) is 8.78 Å². The van der Waals surface area contributed by atoms with Crippen LogP contribution in [0.3, 0.4) is 0 Å². The lowest BCUT2D eigenvalue weighted by atomic mass is 10.0. The molecule has 30 heavy (non-hydrogen) atoms. The van der Waals surface area contributed by atoms with Crippen LogP contribution in [0.5, 0.6) is 0 Å². The minimum Gasteiger partial charge on any atom is -0.394 e. The predicted octanol–water partition coefficient (Wildman–Crippen LogP) is 6.35. The fourth-order valence-electron chi connectivity index (χ4n) is 3.20. The average molecular weight is 422 g/mol. The molecule has 0 fully saturated rings. The Kier molecular flexibility index (Phi) is 5.25. The number of nitrogens with zero attached hydrogens (tertiary/aromatic N) is 4. The van der Waals surface area contributed by atoms with Crippen LogP contribution in [0.2, 0.25) is 5.02 Å². The zero-order chi connectivity index (χ0) is 21.3. The van der Waals surface area contributed by atoms with E-state index in [1.165, 1.54) is 30.7 Å². The molecule has 0 saturated heterocycles. The van der Waals surface area contributed by atoms with E-state index >= 15 is 0 Å². The van der Waals surface area contributed by atoms with Crippen molar-refractivity contribution in [3.05, 3.63) is 88.6 Å². The third-order valence-electron chi connectivity index (χ3n) is 4.69. The Labute approximate surface area is 176 Å². The van der Waals surface area contributed by atoms with Gasteiger partial charge in [-0.3, -0.25) is 4.98 Å². The van der Waals surface area contributed by atoms with Gasteiger partial charge < -0.3 is 10.2 Å². The van der Waals surface area contributed by atoms with Gasteiger partial charge in [-0.15, -0.1) is 6.57 Å². The molecule has 8 heteroatoms. The van der Waals surface area contributed by atoms with Crippen LogP contribution in [0.4, 0.5) is 20.4 Å². The quantitative estimate of drug-likeness (QED) is 0.390. The Balaban J connectivity index is 1.82. The van der Waals surface area contributed by atoms with Crippen LogP contribution in [-0.4, -0.2) is 15.0 Å². The Bertz CT molecular complexity index is 1290. The Hall–Kier alpha value is -3.63. The fraction of sp³-hybridized carbons (Fsp3) is 0.0909. The molecule has 0 radical (unpaired) electrons. The number of benzene rings is 2. The van der Waals surface area contributed by atoms with Gasteiger partial charge in [0.2, 0.25) is 0 Å². The van der Waals surface area contributed by atoms with Crippen LogP contribution >= 0.6 is 11.6 Å². The van der Waals surface area contributed by atoms with Crippen LogP contribution in [0, 0.1) is 18.2 Å². The molecule has 0 aliphatic carbocycles. The molecule has 0 aliphatic heterocycles. The molecule has 5 nitrogen and oxygen atoms in total. The van der Waals surface area contributed by atoms with E-state index in [-0.39, 0.29) is 17.3 Å². The first-order valence-electron chi connectivity index (χ1n) is 8.96. The van der Waals surface area contributed by atoms with Gasteiger partial charge in [0.15, 0.2) is 0 Å². The second kappa shape index (κ2) is 8.01. The van der Waals surface area contributed by atoms with Gasteiger partial charge in [-0.2, -0.15) is 9.97 Å². The van der Waals surface area contributed by atoms with Crippen molar-refractivity contribution in [3.63, 3.8) is 0 Å². The van der Waals surface area contributed by atoms with Gasteiger partial charge in [-0.25, -0.2) is 8.78 Å².